The molecule has 1 aliphatic rings. The average molecular weight is 442 g/mol. The average Bonchev–Trinajstić information content (AvgIpc) is 3.05. The standard InChI is InChI=1S/C19H15Cl3N2O4/c20-12-3-1-4-13(8-12)24-9-11(7-17(24)26)19(27)28-10-16(25)23-15-6-2-5-14(21)18(15)22/h1-6,8,11H,7,9-10H2,(H,23,25)/t11-/m1/s1. The molecule has 0 spiro atoms. The SMILES string of the molecule is O=C(COC(=O)[C@@H]1CC(=O)N(c2cccc(Cl)c2)C1)Nc1cccc(Cl)c1Cl. The van der Waals surface area contributed by atoms with Crippen LogP contribution in [0, 0.1) is 5.92 Å². The summed E-state index contributed by atoms with van der Waals surface area (Å²) in [6.07, 6.45) is 0.00703. The lowest BCUT2D eigenvalue weighted by molar-refractivity contribution is -0.151. The fraction of sp³-hybridized carbons (Fsp3) is 0.211. The predicted molar refractivity (Wildman–Crippen MR) is 108 cm³/mol. The van der Waals surface area contributed by atoms with Crippen molar-refractivity contribution in [3.63, 3.8) is 0 Å². The molecule has 2 aromatic rings. The zero-order valence-electron chi connectivity index (χ0n) is 14.5. The molecule has 9 heteroatoms. The maximum atomic E-state index is 12.3. The summed E-state index contributed by atoms with van der Waals surface area (Å²) in [6.45, 7) is -0.330. The molecule has 1 heterocycles. The van der Waals surface area contributed by atoms with E-state index < -0.39 is 24.4 Å². The first-order valence-corrected chi connectivity index (χ1v) is 9.45. The minimum Gasteiger partial charge on any atom is -0.455 e. The molecule has 2 aromatic carbocycles. The number of esters is 1. The van der Waals surface area contributed by atoms with Crippen LogP contribution in [0.5, 0.6) is 0 Å². The molecule has 0 aliphatic carbocycles. The van der Waals surface area contributed by atoms with Crippen LogP contribution in [0.2, 0.25) is 15.1 Å². The molecule has 146 valence electrons. The third kappa shape index (κ3) is 4.76. The summed E-state index contributed by atoms with van der Waals surface area (Å²) in [6, 6.07) is 11.6. The minimum absolute atomic E-state index is 0.00703. The van der Waals surface area contributed by atoms with Gasteiger partial charge in [0.1, 0.15) is 0 Å². The van der Waals surface area contributed by atoms with Crippen molar-refractivity contribution in [3.05, 3.63) is 57.5 Å². The number of nitrogens with zero attached hydrogens (tertiary/aromatic N) is 1. The molecule has 1 atom stereocenters. The lowest BCUT2D eigenvalue weighted by Gasteiger charge is -2.16. The van der Waals surface area contributed by atoms with Gasteiger partial charge in [-0.3, -0.25) is 14.4 Å². The molecule has 0 bridgehead atoms. The third-order valence-electron chi connectivity index (χ3n) is 4.15. The number of ether oxygens (including phenoxy) is 1. The van der Waals surface area contributed by atoms with E-state index in [9.17, 15) is 14.4 Å². The molecular formula is C19H15Cl3N2O4. The van der Waals surface area contributed by atoms with E-state index in [2.05, 4.69) is 5.32 Å². The summed E-state index contributed by atoms with van der Waals surface area (Å²) in [4.78, 5) is 38.0. The monoisotopic (exact) mass is 440 g/mol. The molecule has 2 amide bonds. The first kappa shape index (κ1) is 20.5. The highest BCUT2D eigenvalue weighted by Crippen LogP contribution is 2.30. The molecule has 28 heavy (non-hydrogen) atoms. The van der Waals surface area contributed by atoms with Gasteiger partial charge in [-0.2, -0.15) is 0 Å². The number of carbonyl (C=O) groups is 3. The number of nitrogens with one attached hydrogen (secondary N) is 1. The smallest absolute Gasteiger partial charge is 0.311 e. The number of hydrogen-bond acceptors (Lipinski definition) is 4. The number of amides is 2. The van der Waals surface area contributed by atoms with Gasteiger partial charge in [-0.1, -0.05) is 46.9 Å². The molecule has 0 unspecified atom stereocenters. The Bertz CT molecular complexity index is 935. The Kier molecular flexibility index (Phi) is 6.44. The number of rotatable bonds is 5. The zero-order chi connectivity index (χ0) is 20.3. The van der Waals surface area contributed by atoms with Gasteiger partial charge in [-0.25, -0.2) is 0 Å². The highest BCUT2D eigenvalue weighted by Gasteiger charge is 2.36. The van der Waals surface area contributed by atoms with E-state index in [1.54, 1.807) is 42.5 Å². The summed E-state index contributed by atoms with van der Waals surface area (Å²) in [5.41, 5.74) is 0.930. The Morgan fingerprint density at radius 1 is 1.14 bits per heavy atom. The Balaban J connectivity index is 1.54. The van der Waals surface area contributed by atoms with E-state index in [-0.39, 0.29) is 23.9 Å². The van der Waals surface area contributed by atoms with Crippen molar-refractivity contribution in [3.8, 4) is 0 Å². The van der Waals surface area contributed by atoms with Crippen LogP contribution >= 0.6 is 34.8 Å². The van der Waals surface area contributed by atoms with Gasteiger partial charge >= 0.3 is 5.97 Å². The molecule has 1 aliphatic heterocycles. The number of anilines is 2. The van der Waals surface area contributed by atoms with Crippen molar-refractivity contribution in [1.29, 1.82) is 0 Å². The summed E-state index contributed by atoms with van der Waals surface area (Å²) in [5.74, 6) is -2.05. The van der Waals surface area contributed by atoms with Crippen molar-refractivity contribution in [1.82, 2.24) is 0 Å². The van der Waals surface area contributed by atoms with Crippen LogP contribution < -0.4 is 10.2 Å². The van der Waals surface area contributed by atoms with Crippen molar-refractivity contribution >= 4 is 64.0 Å². The maximum absolute atomic E-state index is 12.3. The molecule has 0 aromatic heterocycles. The van der Waals surface area contributed by atoms with E-state index in [4.69, 9.17) is 39.5 Å². The van der Waals surface area contributed by atoms with Gasteiger partial charge < -0.3 is 15.0 Å². The van der Waals surface area contributed by atoms with E-state index in [0.29, 0.717) is 21.4 Å². The number of halogens is 3. The summed E-state index contributed by atoms with van der Waals surface area (Å²) < 4.78 is 5.05. The van der Waals surface area contributed by atoms with E-state index in [1.807, 2.05) is 0 Å². The van der Waals surface area contributed by atoms with Crippen LogP contribution in [-0.4, -0.2) is 30.9 Å². The Morgan fingerprint density at radius 2 is 1.89 bits per heavy atom. The predicted octanol–water partition coefficient (Wildman–Crippen LogP) is 4.18. The Morgan fingerprint density at radius 3 is 2.64 bits per heavy atom. The van der Waals surface area contributed by atoms with E-state index in [0.717, 1.165) is 0 Å². The normalized spacial score (nSPS) is 16.2. The maximum Gasteiger partial charge on any atom is 0.311 e. The number of hydrogen-bond donors (Lipinski definition) is 1. The summed E-state index contributed by atoms with van der Waals surface area (Å²) >= 11 is 17.8. The second-order valence-electron chi connectivity index (χ2n) is 6.14. The topological polar surface area (TPSA) is 75.7 Å². The molecule has 3 rings (SSSR count). The number of benzene rings is 2. The Hall–Kier alpha value is -2.28. The largest absolute Gasteiger partial charge is 0.455 e. The summed E-state index contributed by atoms with van der Waals surface area (Å²) in [7, 11) is 0. The minimum atomic E-state index is -0.658. The molecule has 0 saturated carbocycles. The number of carbonyl (C=O) groups excluding carboxylic acids is 3. The lowest BCUT2D eigenvalue weighted by Crippen LogP contribution is -2.28. The zero-order valence-corrected chi connectivity index (χ0v) is 16.7. The van der Waals surface area contributed by atoms with Crippen LogP contribution in [-0.2, 0) is 19.1 Å². The first-order chi connectivity index (χ1) is 13.3. The van der Waals surface area contributed by atoms with E-state index >= 15 is 0 Å². The van der Waals surface area contributed by atoms with Crippen LogP contribution in [0.1, 0.15) is 6.42 Å². The molecule has 1 N–H and O–H groups in total. The van der Waals surface area contributed by atoms with Crippen molar-refractivity contribution in [2.24, 2.45) is 5.92 Å². The highest BCUT2D eigenvalue weighted by atomic mass is 35.5. The fourth-order valence-electron chi connectivity index (χ4n) is 2.80. The quantitative estimate of drug-likeness (QED) is 0.706. The molecule has 0 radical (unpaired) electrons. The van der Waals surface area contributed by atoms with Crippen LogP contribution in [0.4, 0.5) is 11.4 Å². The second-order valence-corrected chi connectivity index (χ2v) is 7.36. The van der Waals surface area contributed by atoms with Gasteiger partial charge in [0.25, 0.3) is 5.91 Å². The Labute approximate surface area is 176 Å². The first-order valence-electron chi connectivity index (χ1n) is 8.31. The van der Waals surface area contributed by atoms with Gasteiger partial charge in [0.2, 0.25) is 5.91 Å². The van der Waals surface area contributed by atoms with Crippen molar-refractivity contribution in [2.75, 3.05) is 23.4 Å². The van der Waals surface area contributed by atoms with Gasteiger partial charge in [-0.15, -0.1) is 0 Å². The van der Waals surface area contributed by atoms with Crippen molar-refractivity contribution < 1.29 is 19.1 Å². The van der Waals surface area contributed by atoms with Gasteiger partial charge in [-0.05, 0) is 30.3 Å². The lowest BCUT2D eigenvalue weighted by atomic mass is 10.1. The van der Waals surface area contributed by atoms with Crippen LogP contribution in [0.25, 0.3) is 0 Å². The van der Waals surface area contributed by atoms with Gasteiger partial charge in [0, 0.05) is 23.7 Å². The molecule has 6 nitrogen and oxygen atoms in total. The molecular weight excluding hydrogens is 427 g/mol. The van der Waals surface area contributed by atoms with Gasteiger partial charge in [0.05, 0.1) is 21.7 Å². The molecule has 1 saturated heterocycles. The van der Waals surface area contributed by atoms with E-state index in [1.165, 1.54) is 4.90 Å². The van der Waals surface area contributed by atoms with Gasteiger partial charge in [0.15, 0.2) is 6.61 Å². The third-order valence-corrected chi connectivity index (χ3v) is 5.20. The second kappa shape index (κ2) is 8.82. The van der Waals surface area contributed by atoms with Crippen LogP contribution in [0.15, 0.2) is 42.5 Å². The van der Waals surface area contributed by atoms with Crippen LogP contribution in [0.3, 0.4) is 0 Å². The van der Waals surface area contributed by atoms with Crippen molar-refractivity contribution in [2.45, 2.75) is 6.42 Å². The molecule has 1 fully saturated rings. The highest BCUT2D eigenvalue weighted by molar-refractivity contribution is 6.44. The summed E-state index contributed by atoms with van der Waals surface area (Å²) in [5, 5.41) is 3.51. The fourth-order valence-corrected chi connectivity index (χ4v) is 3.33.